The summed E-state index contributed by atoms with van der Waals surface area (Å²) in [5, 5.41) is 16.2. The Morgan fingerprint density at radius 2 is 2.00 bits per heavy atom. The molecule has 0 saturated heterocycles. The molecule has 0 amide bonds. The Kier molecular flexibility index (Phi) is 3.83. The molecule has 1 atom stereocenters. The summed E-state index contributed by atoms with van der Waals surface area (Å²) < 4.78 is 2.89. The van der Waals surface area contributed by atoms with Crippen LogP contribution >= 0.6 is 15.9 Å². The van der Waals surface area contributed by atoms with E-state index in [2.05, 4.69) is 27.1 Å². The van der Waals surface area contributed by atoms with Crippen molar-refractivity contribution in [3.8, 4) is 0 Å². The molecule has 4 heteroatoms. The number of hydrogen-bond donors (Lipinski definition) is 1. The van der Waals surface area contributed by atoms with Crippen molar-refractivity contribution >= 4 is 26.8 Å². The van der Waals surface area contributed by atoms with E-state index in [1.54, 1.807) is 0 Å². The topological polar surface area (TPSA) is 38.1 Å². The lowest BCUT2D eigenvalue weighted by Crippen LogP contribution is -2.05. The molecule has 0 radical (unpaired) electrons. The van der Waals surface area contributed by atoms with Crippen molar-refractivity contribution in [2.75, 3.05) is 0 Å². The molecule has 2 aromatic carbocycles. The fraction of sp³-hybridized carbons (Fsp3) is 0.235. The molecule has 0 bridgehead atoms. The largest absolute Gasteiger partial charge is 0.388 e. The lowest BCUT2D eigenvalue weighted by Gasteiger charge is -2.13. The highest BCUT2D eigenvalue weighted by atomic mass is 79.9. The Morgan fingerprint density at radius 1 is 1.24 bits per heavy atom. The summed E-state index contributed by atoms with van der Waals surface area (Å²) in [5.74, 6) is 0. The first kappa shape index (κ1) is 14.3. The van der Waals surface area contributed by atoms with Crippen LogP contribution in [0.25, 0.3) is 10.9 Å². The molecule has 1 N–H and O–H groups in total. The molecule has 0 aliphatic rings. The lowest BCUT2D eigenvalue weighted by atomic mass is 9.99. The Morgan fingerprint density at radius 3 is 2.76 bits per heavy atom. The number of halogens is 1. The average Bonchev–Trinajstić information content (AvgIpc) is 2.76. The second kappa shape index (κ2) is 5.62. The molecule has 0 aliphatic carbocycles. The Bertz CT molecular complexity index is 795. The molecule has 1 heterocycles. The Labute approximate surface area is 132 Å². The molecule has 0 fully saturated rings. The maximum absolute atomic E-state index is 10.5. The summed E-state index contributed by atoms with van der Waals surface area (Å²) in [7, 11) is 1.93. The molecule has 3 nitrogen and oxygen atoms in total. The third kappa shape index (κ3) is 2.74. The van der Waals surface area contributed by atoms with Gasteiger partial charge in [0, 0.05) is 23.3 Å². The van der Waals surface area contributed by atoms with Gasteiger partial charge in [-0.25, -0.2) is 0 Å². The molecule has 1 aromatic heterocycles. The minimum absolute atomic E-state index is 0.518. The number of nitrogens with zero attached hydrogens (tertiary/aromatic N) is 2. The first-order chi connectivity index (χ1) is 10.1. The molecule has 0 aliphatic heterocycles. The van der Waals surface area contributed by atoms with Crippen molar-refractivity contribution in [1.82, 2.24) is 9.78 Å². The highest BCUT2D eigenvalue weighted by molar-refractivity contribution is 9.10. The summed E-state index contributed by atoms with van der Waals surface area (Å²) in [6, 6.07) is 14.1. The molecule has 3 rings (SSSR count). The van der Waals surface area contributed by atoms with Gasteiger partial charge in [-0.05, 0) is 36.2 Å². The van der Waals surface area contributed by atoms with E-state index in [1.807, 2.05) is 55.1 Å². The van der Waals surface area contributed by atoms with Crippen LogP contribution in [-0.4, -0.2) is 14.9 Å². The SMILES string of the molecule is Cc1cc(Br)ccc1C(O)Cc1nn(C)c2ccccc12. The van der Waals surface area contributed by atoms with Crippen LogP contribution in [-0.2, 0) is 13.5 Å². The predicted octanol–water partition coefficient (Wildman–Crippen LogP) is 3.92. The maximum Gasteiger partial charge on any atom is 0.0848 e. The number of benzene rings is 2. The zero-order valence-corrected chi connectivity index (χ0v) is 13.6. The number of hydrogen-bond acceptors (Lipinski definition) is 2. The molecule has 0 saturated carbocycles. The van der Waals surface area contributed by atoms with Gasteiger partial charge in [0.25, 0.3) is 0 Å². The molecular formula is C17H17BrN2O. The highest BCUT2D eigenvalue weighted by Gasteiger charge is 2.16. The van der Waals surface area contributed by atoms with Gasteiger partial charge in [-0.15, -0.1) is 0 Å². The van der Waals surface area contributed by atoms with Gasteiger partial charge in [-0.1, -0.05) is 40.2 Å². The van der Waals surface area contributed by atoms with Gasteiger partial charge in [0.2, 0.25) is 0 Å². The fourth-order valence-corrected chi connectivity index (χ4v) is 3.22. The van der Waals surface area contributed by atoms with Gasteiger partial charge >= 0.3 is 0 Å². The first-order valence-corrected chi connectivity index (χ1v) is 7.70. The smallest absolute Gasteiger partial charge is 0.0848 e. The molecule has 108 valence electrons. The van der Waals surface area contributed by atoms with Crippen molar-refractivity contribution in [2.24, 2.45) is 7.05 Å². The summed E-state index contributed by atoms with van der Waals surface area (Å²) in [5.41, 5.74) is 4.06. The van der Waals surface area contributed by atoms with Crippen LogP contribution in [0.5, 0.6) is 0 Å². The summed E-state index contributed by atoms with van der Waals surface area (Å²) in [6.45, 7) is 2.01. The summed E-state index contributed by atoms with van der Waals surface area (Å²) in [4.78, 5) is 0. The number of aliphatic hydroxyl groups excluding tert-OH is 1. The van der Waals surface area contributed by atoms with Crippen molar-refractivity contribution in [2.45, 2.75) is 19.4 Å². The standard InChI is InChI=1S/C17H17BrN2O/c1-11-9-12(18)7-8-13(11)17(21)10-15-14-5-3-4-6-16(14)20(2)19-15/h3-9,17,21H,10H2,1-2H3. The maximum atomic E-state index is 10.5. The third-order valence-electron chi connectivity index (χ3n) is 3.81. The predicted molar refractivity (Wildman–Crippen MR) is 88.3 cm³/mol. The first-order valence-electron chi connectivity index (χ1n) is 6.91. The minimum atomic E-state index is -0.545. The average molecular weight is 345 g/mol. The summed E-state index contributed by atoms with van der Waals surface area (Å²) >= 11 is 3.45. The van der Waals surface area contributed by atoms with E-state index >= 15 is 0 Å². The van der Waals surface area contributed by atoms with Gasteiger partial charge in [0.1, 0.15) is 0 Å². The number of rotatable bonds is 3. The van der Waals surface area contributed by atoms with Crippen LogP contribution in [0.4, 0.5) is 0 Å². The van der Waals surface area contributed by atoms with Crippen LogP contribution in [0.2, 0.25) is 0 Å². The normalized spacial score (nSPS) is 12.8. The van der Waals surface area contributed by atoms with Gasteiger partial charge in [0.05, 0.1) is 17.3 Å². The van der Waals surface area contributed by atoms with Crippen LogP contribution in [0.3, 0.4) is 0 Å². The van der Waals surface area contributed by atoms with Crippen molar-refractivity contribution in [3.63, 3.8) is 0 Å². The van der Waals surface area contributed by atoms with Crippen LogP contribution in [0.1, 0.15) is 22.9 Å². The van der Waals surface area contributed by atoms with E-state index in [-0.39, 0.29) is 0 Å². The van der Waals surface area contributed by atoms with E-state index in [1.165, 1.54) is 0 Å². The number of aromatic nitrogens is 2. The fourth-order valence-electron chi connectivity index (χ4n) is 2.75. The van der Waals surface area contributed by atoms with E-state index in [0.717, 1.165) is 32.2 Å². The number of aryl methyl sites for hydroxylation is 2. The van der Waals surface area contributed by atoms with E-state index in [4.69, 9.17) is 0 Å². The zero-order valence-electron chi connectivity index (χ0n) is 12.0. The molecular weight excluding hydrogens is 328 g/mol. The molecule has 21 heavy (non-hydrogen) atoms. The van der Waals surface area contributed by atoms with Gasteiger partial charge < -0.3 is 5.11 Å². The van der Waals surface area contributed by atoms with Crippen LogP contribution in [0, 0.1) is 6.92 Å². The zero-order chi connectivity index (χ0) is 15.0. The van der Waals surface area contributed by atoms with Crippen molar-refractivity contribution < 1.29 is 5.11 Å². The Balaban J connectivity index is 1.94. The van der Waals surface area contributed by atoms with Crippen molar-refractivity contribution in [1.29, 1.82) is 0 Å². The van der Waals surface area contributed by atoms with Crippen LogP contribution < -0.4 is 0 Å². The summed E-state index contributed by atoms with van der Waals surface area (Å²) in [6.07, 6.45) is -0.0273. The van der Waals surface area contributed by atoms with Gasteiger partial charge in [0.15, 0.2) is 0 Å². The third-order valence-corrected chi connectivity index (χ3v) is 4.31. The lowest BCUT2D eigenvalue weighted by molar-refractivity contribution is 0.176. The van der Waals surface area contributed by atoms with E-state index in [0.29, 0.717) is 6.42 Å². The monoisotopic (exact) mass is 344 g/mol. The minimum Gasteiger partial charge on any atom is -0.388 e. The van der Waals surface area contributed by atoms with Crippen molar-refractivity contribution in [3.05, 3.63) is 63.8 Å². The number of aliphatic hydroxyl groups is 1. The number of para-hydroxylation sites is 1. The molecule has 3 aromatic rings. The second-order valence-electron chi connectivity index (χ2n) is 5.31. The quantitative estimate of drug-likeness (QED) is 0.781. The van der Waals surface area contributed by atoms with Gasteiger partial charge in [-0.2, -0.15) is 5.10 Å². The second-order valence-corrected chi connectivity index (χ2v) is 6.22. The van der Waals surface area contributed by atoms with Crippen LogP contribution in [0.15, 0.2) is 46.9 Å². The van der Waals surface area contributed by atoms with E-state index < -0.39 is 6.10 Å². The Hall–Kier alpha value is -1.65. The molecule has 0 spiro atoms. The highest BCUT2D eigenvalue weighted by Crippen LogP contribution is 2.27. The van der Waals surface area contributed by atoms with Gasteiger partial charge in [-0.3, -0.25) is 4.68 Å². The van der Waals surface area contributed by atoms with E-state index in [9.17, 15) is 5.11 Å². The number of fused-ring (bicyclic) bond motifs is 1. The molecule has 1 unspecified atom stereocenters.